The summed E-state index contributed by atoms with van der Waals surface area (Å²) in [7, 11) is 0. The second-order valence-electron chi connectivity index (χ2n) is 4.12. The molecule has 0 saturated carbocycles. The zero-order chi connectivity index (χ0) is 13.5. The molecule has 0 spiro atoms. The van der Waals surface area contributed by atoms with Crippen LogP contribution >= 0.6 is 0 Å². The van der Waals surface area contributed by atoms with Crippen molar-refractivity contribution in [1.29, 1.82) is 0 Å². The molecule has 0 heterocycles. The van der Waals surface area contributed by atoms with Crippen molar-refractivity contribution >= 4 is 0 Å². The van der Waals surface area contributed by atoms with Gasteiger partial charge < -0.3 is 15.2 Å². The van der Waals surface area contributed by atoms with E-state index in [1.807, 2.05) is 12.1 Å². The van der Waals surface area contributed by atoms with Gasteiger partial charge in [0.05, 0.1) is 0 Å². The van der Waals surface area contributed by atoms with Gasteiger partial charge in [-0.3, -0.25) is 0 Å². The normalized spacial score (nSPS) is 10.4. The first-order valence-corrected chi connectivity index (χ1v) is 6.11. The summed E-state index contributed by atoms with van der Waals surface area (Å²) >= 11 is 0. The van der Waals surface area contributed by atoms with Crippen LogP contribution in [0.25, 0.3) is 0 Å². The molecule has 2 aromatic rings. The predicted molar refractivity (Wildman–Crippen MR) is 71.7 cm³/mol. The number of rotatable bonds is 6. The average molecular weight is 261 g/mol. The van der Waals surface area contributed by atoms with E-state index in [-0.39, 0.29) is 17.3 Å². The van der Waals surface area contributed by atoms with Gasteiger partial charge >= 0.3 is 0 Å². The molecule has 2 aromatic carbocycles. The molecule has 0 aliphatic heterocycles. The molecular formula is C15H16FNO2. The quantitative estimate of drug-likeness (QED) is 0.786. The number of benzene rings is 2. The van der Waals surface area contributed by atoms with Gasteiger partial charge in [-0.25, -0.2) is 4.39 Å². The molecule has 100 valence electrons. The first-order chi connectivity index (χ1) is 9.25. The van der Waals surface area contributed by atoms with Crippen LogP contribution in [0.5, 0.6) is 11.5 Å². The first-order valence-electron chi connectivity index (χ1n) is 6.11. The number of ether oxygens (including phenoxy) is 1. The fraction of sp³-hybridized carbons (Fsp3) is 0.200. The zero-order valence-electron chi connectivity index (χ0n) is 10.5. The van der Waals surface area contributed by atoms with E-state index in [9.17, 15) is 4.39 Å². The minimum atomic E-state index is -0.346. The summed E-state index contributed by atoms with van der Waals surface area (Å²) < 4.78 is 18.5. The molecule has 0 bridgehead atoms. The topological polar surface area (TPSA) is 41.5 Å². The van der Waals surface area contributed by atoms with Crippen LogP contribution in [0.2, 0.25) is 0 Å². The van der Waals surface area contributed by atoms with E-state index in [2.05, 4.69) is 5.32 Å². The number of hydrogen-bond donors (Lipinski definition) is 2. The molecule has 2 rings (SSSR count). The lowest BCUT2D eigenvalue weighted by atomic mass is 10.2. The van der Waals surface area contributed by atoms with Gasteiger partial charge in [0.25, 0.3) is 0 Å². The largest absolute Gasteiger partial charge is 0.508 e. The van der Waals surface area contributed by atoms with Gasteiger partial charge in [-0.2, -0.15) is 0 Å². The standard InChI is InChI=1S/C15H16FNO2/c16-14-3-1-2-4-15(14)19-10-9-17-11-12-5-7-13(18)8-6-12/h1-8,17-18H,9-11H2. The second kappa shape index (κ2) is 6.75. The Morgan fingerprint density at radius 2 is 1.79 bits per heavy atom. The minimum Gasteiger partial charge on any atom is -0.508 e. The van der Waals surface area contributed by atoms with Gasteiger partial charge in [-0.05, 0) is 29.8 Å². The molecule has 19 heavy (non-hydrogen) atoms. The molecule has 4 heteroatoms. The summed E-state index contributed by atoms with van der Waals surface area (Å²) in [5, 5.41) is 12.3. The molecular weight excluding hydrogens is 245 g/mol. The molecule has 0 aromatic heterocycles. The van der Waals surface area contributed by atoms with Crippen LogP contribution in [-0.4, -0.2) is 18.3 Å². The van der Waals surface area contributed by atoms with E-state index in [1.54, 1.807) is 30.3 Å². The highest BCUT2D eigenvalue weighted by Crippen LogP contribution is 2.14. The predicted octanol–water partition coefficient (Wildman–Crippen LogP) is 2.70. The van der Waals surface area contributed by atoms with Crippen LogP contribution in [0.15, 0.2) is 48.5 Å². The lowest BCUT2D eigenvalue weighted by Crippen LogP contribution is -2.20. The second-order valence-corrected chi connectivity index (χ2v) is 4.12. The van der Waals surface area contributed by atoms with Crippen LogP contribution < -0.4 is 10.1 Å². The van der Waals surface area contributed by atoms with Gasteiger partial charge in [-0.1, -0.05) is 24.3 Å². The Kier molecular flexibility index (Phi) is 4.75. The van der Waals surface area contributed by atoms with E-state index in [0.29, 0.717) is 19.7 Å². The van der Waals surface area contributed by atoms with E-state index in [1.165, 1.54) is 6.07 Å². The lowest BCUT2D eigenvalue weighted by Gasteiger charge is -2.08. The van der Waals surface area contributed by atoms with Gasteiger partial charge in [0.15, 0.2) is 11.6 Å². The number of para-hydroxylation sites is 1. The molecule has 0 atom stereocenters. The molecule has 0 unspecified atom stereocenters. The van der Waals surface area contributed by atoms with E-state index in [0.717, 1.165) is 5.56 Å². The molecule has 0 amide bonds. The maximum Gasteiger partial charge on any atom is 0.165 e. The first kappa shape index (κ1) is 13.4. The Balaban J connectivity index is 1.67. The van der Waals surface area contributed by atoms with Crippen molar-refractivity contribution < 1.29 is 14.2 Å². The molecule has 0 radical (unpaired) electrons. The third-order valence-electron chi connectivity index (χ3n) is 2.64. The van der Waals surface area contributed by atoms with Crippen LogP contribution in [-0.2, 0) is 6.54 Å². The van der Waals surface area contributed by atoms with Crippen molar-refractivity contribution in [1.82, 2.24) is 5.32 Å². The van der Waals surface area contributed by atoms with Crippen molar-refractivity contribution in [3.05, 3.63) is 59.9 Å². The summed E-state index contributed by atoms with van der Waals surface area (Å²) in [6.45, 7) is 1.70. The summed E-state index contributed by atoms with van der Waals surface area (Å²) in [4.78, 5) is 0. The Bertz CT molecular complexity index is 514. The highest BCUT2D eigenvalue weighted by molar-refractivity contribution is 5.25. The third-order valence-corrected chi connectivity index (χ3v) is 2.64. The Hall–Kier alpha value is -2.07. The SMILES string of the molecule is Oc1ccc(CNCCOc2ccccc2F)cc1. The highest BCUT2D eigenvalue weighted by atomic mass is 19.1. The van der Waals surface area contributed by atoms with Crippen LogP contribution in [0.3, 0.4) is 0 Å². The molecule has 3 nitrogen and oxygen atoms in total. The molecule has 0 saturated heterocycles. The number of aromatic hydroxyl groups is 1. The fourth-order valence-electron chi connectivity index (χ4n) is 1.64. The van der Waals surface area contributed by atoms with Crippen molar-refractivity contribution in [2.24, 2.45) is 0 Å². The maximum absolute atomic E-state index is 13.2. The van der Waals surface area contributed by atoms with Gasteiger partial charge in [0.1, 0.15) is 12.4 Å². The summed E-state index contributed by atoms with van der Waals surface area (Å²) in [6, 6.07) is 13.3. The van der Waals surface area contributed by atoms with Gasteiger partial charge in [-0.15, -0.1) is 0 Å². The molecule has 2 N–H and O–H groups in total. The number of phenols is 1. The third kappa shape index (κ3) is 4.26. The minimum absolute atomic E-state index is 0.256. The highest BCUT2D eigenvalue weighted by Gasteiger charge is 2.00. The monoisotopic (exact) mass is 261 g/mol. The van der Waals surface area contributed by atoms with Crippen LogP contribution in [0, 0.1) is 5.82 Å². The van der Waals surface area contributed by atoms with Gasteiger partial charge in [0, 0.05) is 13.1 Å². The molecule has 0 aliphatic carbocycles. The Labute approximate surface area is 111 Å². The lowest BCUT2D eigenvalue weighted by molar-refractivity contribution is 0.298. The van der Waals surface area contributed by atoms with Crippen LogP contribution in [0.1, 0.15) is 5.56 Å². The summed E-state index contributed by atoms with van der Waals surface area (Å²) in [6.07, 6.45) is 0. The number of nitrogens with one attached hydrogen (secondary N) is 1. The maximum atomic E-state index is 13.2. The Morgan fingerprint density at radius 3 is 2.53 bits per heavy atom. The molecule has 0 fully saturated rings. The van der Waals surface area contributed by atoms with Crippen molar-refractivity contribution in [2.45, 2.75) is 6.54 Å². The fourth-order valence-corrected chi connectivity index (χ4v) is 1.64. The van der Waals surface area contributed by atoms with Gasteiger partial charge in [0.2, 0.25) is 0 Å². The molecule has 0 aliphatic rings. The Morgan fingerprint density at radius 1 is 1.05 bits per heavy atom. The zero-order valence-corrected chi connectivity index (χ0v) is 10.5. The summed E-state index contributed by atoms with van der Waals surface area (Å²) in [5.74, 6) is 0.182. The van der Waals surface area contributed by atoms with E-state index < -0.39 is 0 Å². The average Bonchev–Trinajstić information content (AvgIpc) is 2.42. The van der Waals surface area contributed by atoms with Crippen molar-refractivity contribution in [2.75, 3.05) is 13.2 Å². The summed E-state index contributed by atoms with van der Waals surface area (Å²) in [5.41, 5.74) is 1.07. The van der Waals surface area contributed by atoms with E-state index >= 15 is 0 Å². The van der Waals surface area contributed by atoms with Crippen LogP contribution in [0.4, 0.5) is 4.39 Å². The number of halogens is 1. The van der Waals surface area contributed by atoms with Crippen molar-refractivity contribution in [3.8, 4) is 11.5 Å². The number of phenolic OH excluding ortho intramolecular Hbond substituents is 1. The smallest absolute Gasteiger partial charge is 0.165 e. The van der Waals surface area contributed by atoms with Crippen molar-refractivity contribution in [3.63, 3.8) is 0 Å². The van der Waals surface area contributed by atoms with E-state index in [4.69, 9.17) is 9.84 Å². The number of hydrogen-bond acceptors (Lipinski definition) is 3.